The molecule has 1 saturated heterocycles. The molecule has 1 aliphatic heterocycles. The molecule has 0 aromatic heterocycles. The molecular weight excluding hydrogens is 232 g/mol. The van der Waals surface area contributed by atoms with Crippen molar-refractivity contribution in [3.05, 3.63) is 0 Å². The average molecular weight is 264 g/mol. The maximum atomic E-state index is 3.54. The lowest BCUT2D eigenvalue weighted by Crippen LogP contribution is -2.32. The van der Waals surface area contributed by atoms with Gasteiger partial charge in [0.15, 0.2) is 0 Å². The highest BCUT2D eigenvalue weighted by Crippen LogP contribution is 2.48. The summed E-state index contributed by atoms with van der Waals surface area (Å²) in [5.74, 6) is 4.21. The molecule has 0 amide bonds. The van der Waals surface area contributed by atoms with Gasteiger partial charge in [0.2, 0.25) is 0 Å². The summed E-state index contributed by atoms with van der Waals surface area (Å²) in [6.07, 6.45) is 11.9. The maximum absolute atomic E-state index is 3.54. The van der Waals surface area contributed by atoms with Crippen molar-refractivity contribution in [2.24, 2.45) is 23.7 Å². The topological polar surface area (TPSA) is 15.3 Å². The third kappa shape index (κ3) is 3.72. The summed E-state index contributed by atoms with van der Waals surface area (Å²) in [6, 6.07) is 0. The van der Waals surface area contributed by atoms with Crippen LogP contribution >= 0.6 is 0 Å². The van der Waals surface area contributed by atoms with Crippen LogP contribution in [0.1, 0.15) is 51.4 Å². The fourth-order valence-corrected chi connectivity index (χ4v) is 4.91. The highest BCUT2D eigenvalue weighted by Gasteiger charge is 2.39. The first kappa shape index (κ1) is 13.9. The Morgan fingerprint density at radius 3 is 2.79 bits per heavy atom. The zero-order chi connectivity index (χ0) is 13.1. The molecular formula is C17H32N2. The second-order valence-electron chi connectivity index (χ2n) is 7.55. The molecule has 2 nitrogen and oxygen atoms in total. The molecule has 0 spiro atoms. The van der Waals surface area contributed by atoms with E-state index in [1.807, 2.05) is 0 Å². The Balaban J connectivity index is 1.29. The van der Waals surface area contributed by atoms with Crippen molar-refractivity contribution < 1.29 is 0 Å². The molecule has 110 valence electrons. The molecule has 19 heavy (non-hydrogen) atoms. The summed E-state index contributed by atoms with van der Waals surface area (Å²) < 4.78 is 0. The lowest BCUT2D eigenvalue weighted by atomic mass is 9.88. The van der Waals surface area contributed by atoms with Crippen LogP contribution in [-0.2, 0) is 0 Å². The summed E-state index contributed by atoms with van der Waals surface area (Å²) in [6.45, 7) is 5.23. The van der Waals surface area contributed by atoms with E-state index in [0.29, 0.717) is 0 Å². The zero-order valence-electron chi connectivity index (χ0n) is 12.7. The molecule has 3 fully saturated rings. The van der Waals surface area contributed by atoms with Crippen molar-refractivity contribution in [2.75, 3.05) is 33.2 Å². The van der Waals surface area contributed by atoms with Crippen LogP contribution in [-0.4, -0.2) is 38.1 Å². The third-order valence-corrected chi connectivity index (χ3v) is 5.98. The summed E-state index contributed by atoms with van der Waals surface area (Å²) in [4.78, 5) is 2.63. The van der Waals surface area contributed by atoms with E-state index in [0.717, 1.165) is 23.7 Å². The molecule has 1 heterocycles. The largest absolute Gasteiger partial charge is 0.316 e. The van der Waals surface area contributed by atoms with Crippen LogP contribution in [0, 0.1) is 23.7 Å². The van der Waals surface area contributed by atoms with Gasteiger partial charge in [0.05, 0.1) is 0 Å². The molecule has 3 rings (SSSR count). The van der Waals surface area contributed by atoms with Crippen LogP contribution < -0.4 is 5.32 Å². The number of hydrogen-bond donors (Lipinski definition) is 1. The highest BCUT2D eigenvalue weighted by atomic mass is 15.1. The molecule has 4 unspecified atom stereocenters. The molecule has 2 heteroatoms. The number of piperidine rings is 1. The van der Waals surface area contributed by atoms with E-state index in [2.05, 4.69) is 17.3 Å². The fraction of sp³-hybridized carbons (Fsp3) is 1.00. The molecule has 2 saturated carbocycles. The standard InChI is InChI=1S/C17H32N2/c1-19(9-3-5-14-4-2-8-18-12-14)13-17-11-15-6-7-16(17)10-15/h14-18H,2-13H2,1H3. The molecule has 2 bridgehead atoms. The normalized spacial score (nSPS) is 38.2. The summed E-state index contributed by atoms with van der Waals surface area (Å²) >= 11 is 0. The molecule has 0 aromatic rings. The van der Waals surface area contributed by atoms with E-state index < -0.39 is 0 Å². The van der Waals surface area contributed by atoms with Crippen LogP contribution in [0.25, 0.3) is 0 Å². The second kappa shape index (κ2) is 6.58. The van der Waals surface area contributed by atoms with Gasteiger partial charge in [-0.1, -0.05) is 6.42 Å². The minimum absolute atomic E-state index is 0.963. The molecule has 1 N–H and O–H groups in total. The van der Waals surface area contributed by atoms with Crippen LogP contribution in [0.5, 0.6) is 0 Å². The SMILES string of the molecule is CN(CCCC1CCCNC1)CC1CC2CCC1C2. The van der Waals surface area contributed by atoms with Crippen molar-refractivity contribution in [1.29, 1.82) is 0 Å². The number of hydrogen-bond acceptors (Lipinski definition) is 2. The minimum Gasteiger partial charge on any atom is -0.316 e. The predicted octanol–water partition coefficient (Wildman–Crippen LogP) is 3.13. The van der Waals surface area contributed by atoms with Gasteiger partial charge in [-0.2, -0.15) is 0 Å². The average Bonchev–Trinajstić information content (AvgIpc) is 3.02. The Morgan fingerprint density at radius 2 is 2.11 bits per heavy atom. The molecule has 4 atom stereocenters. The van der Waals surface area contributed by atoms with Gasteiger partial charge >= 0.3 is 0 Å². The van der Waals surface area contributed by atoms with Gasteiger partial charge in [-0.05, 0) is 95.3 Å². The van der Waals surface area contributed by atoms with E-state index in [4.69, 9.17) is 0 Å². The van der Waals surface area contributed by atoms with Crippen molar-refractivity contribution >= 4 is 0 Å². The lowest BCUT2D eigenvalue weighted by molar-refractivity contribution is 0.212. The van der Waals surface area contributed by atoms with E-state index in [9.17, 15) is 0 Å². The predicted molar refractivity (Wildman–Crippen MR) is 81.3 cm³/mol. The fourth-order valence-electron chi connectivity index (χ4n) is 4.91. The van der Waals surface area contributed by atoms with Crippen molar-refractivity contribution in [2.45, 2.75) is 51.4 Å². The zero-order valence-corrected chi connectivity index (χ0v) is 12.7. The first-order valence-corrected chi connectivity index (χ1v) is 8.70. The first-order valence-electron chi connectivity index (χ1n) is 8.70. The van der Waals surface area contributed by atoms with Gasteiger partial charge in [-0.3, -0.25) is 0 Å². The summed E-state index contributed by atoms with van der Waals surface area (Å²) in [5, 5.41) is 3.54. The van der Waals surface area contributed by atoms with Gasteiger partial charge < -0.3 is 10.2 Å². The van der Waals surface area contributed by atoms with Crippen molar-refractivity contribution in [3.8, 4) is 0 Å². The van der Waals surface area contributed by atoms with E-state index in [-0.39, 0.29) is 0 Å². The third-order valence-electron chi connectivity index (χ3n) is 5.98. The van der Waals surface area contributed by atoms with Gasteiger partial charge in [-0.25, -0.2) is 0 Å². The molecule has 0 radical (unpaired) electrons. The Kier molecular flexibility index (Phi) is 4.81. The minimum atomic E-state index is 0.963. The molecule has 0 aromatic carbocycles. The second-order valence-corrected chi connectivity index (χ2v) is 7.55. The Morgan fingerprint density at radius 1 is 1.16 bits per heavy atom. The monoisotopic (exact) mass is 264 g/mol. The van der Waals surface area contributed by atoms with Crippen molar-refractivity contribution in [1.82, 2.24) is 10.2 Å². The number of fused-ring (bicyclic) bond motifs is 2. The number of nitrogens with zero attached hydrogens (tertiary/aromatic N) is 1. The van der Waals surface area contributed by atoms with Gasteiger partial charge in [0.25, 0.3) is 0 Å². The first-order chi connectivity index (χ1) is 9.31. The quantitative estimate of drug-likeness (QED) is 0.793. The number of rotatable bonds is 6. The van der Waals surface area contributed by atoms with Gasteiger partial charge in [0, 0.05) is 6.54 Å². The Labute approximate surface area is 119 Å². The van der Waals surface area contributed by atoms with Crippen LogP contribution in [0.4, 0.5) is 0 Å². The summed E-state index contributed by atoms with van der Waals surface area (Å²) in [5.41, 5.74) is 0. The van der Waals surface area contributed by atoms with E-state index >= 15 is 0 Å². The van der Waals surface area contributed by atoms with Crippen LogP contribution in [0.3, 0.4) is 0 Å². The Bertz CT molecular complexity index is 272. The van der Waals surface area contributed by atoms with Crippen molar-refractivity contribution in [3.63, 3.8) is 0 Å². The number of nitrogens with one attached hydrogen (secondary N) is 1. The van der Waals surface area contributed by atoms with E-state index in [1.54, 1.807) is 19.3 Å². The highest BCUT2D eigenvalue weighted by molar-refractivity contribution is 4.90. The van der Waals surface area contributed by atoms with Crippen LogP contribution in [0.2, 0.25) is 0 Å². The molecule has 3 aliphatic rings. The smallest absolute Gasteiger partial charge is 0.000936 e. The Hall–Kier alpha value is -0.0800. The van der Waals surface area contributed by atoms with Crippen LogP contribution in [0.15, 0.2) is 0 Å². The summed E-state index contributed by atoms with van der Waals surface area (Å²) in [7, 11) is 2.35. The maximum Gasteiger partial charge on any atom is 0.000936 e. The van der Waals surface area contributed by atoms with E-state index in [1.165, 1.54) is 58.3 Å². The lowest BCUT2D eigenvalue weighted by Gasteiger charge is -2.28. The molecule has 2 aliphatic carbocycles. The van der Waals surface area contributed by atoms with Gasteiger partial charge in [0.1, 0.15) is 0 Å². The van der Waals surface area contributed by atoms with Gasteiger partial charge in [-0.15, -0.1) is 0 Å².